The molecule has 0 fully saturated rings. The van der Waals surface area contributed by atoms with Gasteiger partial charge < -0.3 is 4.74 Å². The Morgan fingerprint density at radius 3 is 2.72 bits per heavy atom. The van der Waals surface area contributed by atoms with Crippen molar-refractivity contribution >= 4 is 11.9 Å². The van der Waals surface area contributed by atoms with E-state index in [-0.39, 0.29) is 0 Å². The summed E-state index contributed by atoms with van der Waals surface area (Å²) < 4.78 is 5.57. The van der Waals surface area contributed by atoms with Crippen molar-refractivity contribution in [3.05, 3.63) is 53.4 Å². The molecule has 0 saturated heterocycles. The first-order valence-corrected chi connectivity index (χ1v) is 6.14. The van der Waals surface area contributed by atoms with Crippen molar-refractivity contribution in [1.82, 2.24) is 0 Å². The van der Waals surface area contributed by atoms with E-state index in [1.807, 2.05) is 42.9 Å². The zero-order chi connectivity index (χ0) is 12.4. The van der Waals surface area contributed by atoms with E-state index in [1.54, 1.807) is 0 Å². The maximum atomic E-state index is 5.57. The molecule has 0 spiro atoms. The fraction of sp³-hybridized carbons (Fsp3) is 0.200. The lowest BCUT2D eigenvalue weighted by Crippen LogP contribution is -2.02. The Labute approximate surface area is 106 Å². The Hall–Kier alpha value is -2.16. The molecule has 0 amide bonds. The number of rotatable bonds is 4. The van der Waals surface area contributed by atoms with Crippen LogP contribution >= 0.6 is 0 Å². The maximum absolute atomic E-state index is 5.57. The summed E-state index contributed by atoms with van der Waals surface area (Å²) in [5, 5.41) is 0. The Kier molecular flexibility index (Phi) is 2.81. The first kappa shape index (κ1) is 11.0. The minimum Gasteiger partial charge on any atom is -0.494 e. The molecule has 0 aliphatic carbocycles. The third-order valence-electron chi connectivity index (χ3n) is 2.92. The fourth-order valence-electron chi connectivity index (χ4n) is 2.00. The van der Waals surface area contributed by atoms with Gasteiger partial charge in [0.25, 0.3) is 0 Å². The quantitative estimate of drug-likeness (QED) is 0.793. The van der Waals surface area contributed by atoms with Crippen LogP contribution in [0.1, 0.15) is 18.9 Å². The summed E-state index contributed by atoms with van der Waals surface area (Å²) in [6.07, 6.45) is 6.58. The van der Waals surface area contributed by atoms with Crippen LogP contribution in [0.2, 0.25) is 0 Å². The van der Waals surface area contributed by atoms with E-state index < -0.39 is 0 Å². The number of allylic oxidation sites excluding steroid dienone is 2. The lowest BCUT2D eigenvalue weighted by atomic mass is 10.0. The maximum Gasteiger partial charge on any atom is 0.119 e. The molecule has 0 saturated carbocycles. The summed E-state index contributed by atoms with van der Waals surface area (Å²) in [4.78, 5) is 8.58. The third kappa shape index (κ3) is 1.88. The SMILES string of the molecule is CCCOc1ccc(C2=NC=C3C=NC=C32)cc1. The molecule has 3 heteroatoms. The molecule has 0 N–H and O–H groups in total. The van der Waals surface area contributed by atoms with Gasteiger partial charge in [-0.2, -0.15) is 0 Å². The van der Waals surface area contributed by atoms with Crippen molar-refractivity contribution in [3.8, 4) is 5.75 Å². The Bertz CT molecular complexity index is 577. The monoisotopic (exact) mass is 238 g/mol. The van der Waals surface area contributed by atoms with Crippen molar-refractivity contribution < 1.29 is 4.74 Å². The predicted molar refractivity (Wildman–Crippen MR) is 73.4 cm³/mol. The Balaban J connectivity index is 1.78. The molecule has 18 heavy (non-hydrogen) atoms. The van der Waals surface area contributed by atoms with Crippen LogP contribution < -0.4 is 4.74 Å². The molecule has 2 aliphatic heterocycles. The van der Waals surface area contributed by atoms with E-state index in [4.69, 9.17) is 4.74 Å². The van der Waals surface area contributed by atoms with Crippen molar-refractivity contribution in [2.45, 2.75) is 13.3 Å². The van der Waals surface area contributed by atoms with E-state index in [1.165, 1.54) is 0 Å². The van der Waals surface area contributed by atoms with Gasteiger partial charge in [-0.05, 0) is 30.7 Å². The topological polar surface area (TPSA) is 34.0 Å². The number of hydrogen-bond acceptors (Lipinski definition) is 3. The highest BCUT2D eigenvalue weighted by molar-refractivity contribution is 6.22. The highest BCUT2D eigenvalue weighted by Crippen LogP contribution is 2.26. The summed E-state index contributed by atoms with van der Waals surface area (Å²) in [7, 11) is 0. The van der Waals surface area contributed by atoms with Gasteiger partial charge in [0.1, 0.15) is 5.75 Å². The average Bonchev–Trinajstić information content (AvgIpc) is 2.99. The van der Waals surface area contributed by atoms with Gasteiger partial charge in [-0.3, -0.25) is 9.98 Å². The molecular formula is C15H14N2O. The smallest absolute Gasteiger partial charge is 0.119 e. The number of benzene rings is 1. The van der Waals surface area contributed by atoms with Gasteiger partial charge in [0, 0.05) is 35.3 Å². The van der Waals surface area contributed by atoms with Gasteiger partial charge in [0.2, 0.25) is 0 Å². The van der Waals surface area contributed by atoms with E-state index in [0.29, 0.717) is 0 Å². The van der Waals surface area contributed by atoms with E-state index in [0.717, 1.165) is 41.2 Å². The van der Waals surface area contributed by atoms with Crippen LogP contribution in [0.25, 0.3) is 0 Å². The third-order valence-corrected chi connectivity index (χ3v) is 2.92. The van der Waals surface area contributed by atoms with Crippen LogP contribution in [0.3, 0.4) is 0 Å². The molecule has 3 rings (SSSR count). The lowest BCUT2D eigenvalue weighted by molar-refractivity contribution is 0.317. The van der Waals surface area contributed by atoms with Gasteiger partial charge in [-0.1, -0.05) is 6.92 Å². The van der Waals surface area contributed by atoms with E-state index in [9.17, 15) is 0 Å². The van der Waals surface area contributed by atoms with Crippen molar-refractivity contribution in [1.29, 1.82) is 0 Å². The highest BCUT2D eigenvalue weighted by atomic mass is 16.5. The molecule has 0 atom stereocenters. The van der Waals surface area contributed by atoms with Gasteiger partial charge in [-0.15, -0.1) is 0 Å². The average molecular weight is 238 g/mol. The molecule has 0 bridgehead atoms. The second-order valence-electron chi connectivity index (χ2n) is 4.26. The molecule has 0 aromatic heterocycles. The van der Waals surface area contributed by atoms with Crippen LogP contribution in [0.15, 0.2) is 57.8 Å². The number of fused-ring (bicyclic) bond motifs is 1. The molecule has 90 valence electrons. The van der Waals surface area contributed by atoms with Crippen molar-refractivity contribution in [2.24, 2.45) is 9.98 Å². The molecule has 2 heterocycles. The highest BCUT2D eigenvalue weighted by Gasteiger charge is 2.20. The molecule has 1 aromatic carbocycles. The molecular weight excluding hydrogens is 224 g/mol. The first-order chi connectivity index (χ1) is 8.88. The van der Waals surface area contributed by atoms with Crippen LogP contribution in [0.5, 0.6) is 5.75 Å². The van der Waals surface area contributed by atoms with Crippen molar-refractivity contribution in [3.63, 3.8) is 0 Å². The number of nitrogens with zero attached hydrogens (tertiary/aromatic N) is 2. The summed E-state index contributed by atoms with van der Waals surface area (Å²) in [6.45, 7) is 2.85. The fourth-order valence-corrected chi connectivity index (χ4v) is 2.00. The Morgan fingerprint density at radius 2 is 1.94 bits per heavy atom. The van der Waals surface area contributed by atoms with Crippen molar-refractivity contribution in [2.75, 3.05) is 6.61 Å². The van der Waals surface area contributed by atoms with Crippen LogP contribution in [-0.2, 0) is 0 Å². The second-order valence-corrected chi connectivity index (χ2v) is 4.26. The van der Waals surface area contributed by atoms with Gasteiger partial charge >= 0.3 is 0 Å². The number of aliphatic imine (C=N–C) groups is 2. The minimum atomic E-state index is 0.755. The van der Waals surface area contributed by atoms with E-state index in [2.05, 4.69) is 16.9 Å². The van der Waals surface area contributed by atoms with Gasteiger partial charge in [0.15, 0.2) is 0 Å². The zero-order valence-corrected chi connectivity index (χ0v) is 10.3. The number of hydrogen-bond donors (Lipinski definition) is 0. The molecule has 2 aliphatic rings. The largest absolute Gasteiger partial charge is 0.494 e. The lowest BCUT2D eigenvalue weighted by Gasteiger charge is -2.06. The van der Waals surface area contributed by atoms with Crippen LogP contribution in [0, 0.1) is 0 Å². The summed E-state index contributed by atoms with van der Waals surface area (Å²) in [6, 6.07) is 8.06. The molecule has 0 unspecified atom stereocenters. The standard InChI is InChI=1S/C15H14N2O/c1-2-7-18-13-5-3-11(4-6-13)15-14-10-16-8-12(14)9-17-15/h3-6,8-10H,2,7H2,1H3. The zero-order valence-electron chi connectivity index (χ0n) is 10.3. The molecule has 1 aromatic rings. The molecule has 3 nitrogen and oxygen atoms in total. The molecule has 0 radical (unpaired) electrons. The summed E-state index contributed by atoms with van der Waals surface area (Å²) >= 11 is 0. The number of ether oxygens (including phenoxy) is 1. The minimum absolute atomic E-state index is 0.755. The van der Waals surface area contributed by atoms with Crippen LogP contribution in [0.4, 0.5) is 0 Å². The summed E-state index contributed by atoms with van der Waals surface area (Å²) in [5.41, 5.74) is 4.29. The Morgan fingerprint density at radius 1 is 1.11 bits per heavy atom. The predicted octanol–water partition coefficient (Wildman–Crippen LogP) is 3.13. The van der Waals surface area contributed by atoms with Gasteiger partial charge in [-0.25, -0.2) is 0 Å². The van der Waals surface area contributed by atoms with Gasteiger partial charge in [0.05, 0.1) is 12.3 Å². The van der Waals surface area contributed by atoms with Crippen LogP contribution in [-0.4, -0.2) is 18.5 Å². The second kappa shape index (κ2) is 4.61. The first-order valence-electron chi connectivity index (χ1n) is 6.14. The van der Waals surface area contributed by atoms with E-state index >= 15 is 0 Å². The normalized spacial score (nSPS) is 16.2. The summed E-state index contributed by atoms with van der Waals surface area (Å²) in [5.74, 6) is 0.907.